The molecule has 168 valence electrons. The molecular weight excluding hydrogens is 525 g/mol. The highest BCUT2D eigenvalue weighted by atomic mass is 79.9. The minimum absolute atomic E-state index is 0. The Labute approximate surface area is 205 Å². The molecule has 2 aromatic carbocycles. The van der Waals surface area contributed by atoms with Crippen LogP contribution >= 0.6 is 51.7 Å². The molecule has 0 amide bonds. The second-order valence-corrected chi connectivity index (χ2v) is 8.78. The zero-order valence-electron chi connectivity index (χ0n) is 17.2. The molecule has 0 aliphatic rings. The third-order valence-electron chi connectivity index (χ3n) is 4.26. The van der Waals surface area contributed by atoms with Gasteiger partial charge in [-0.3, -0.25) is 0 Å². The van der Waals surface area contributed by atoms with Crippen LogP contribution in [0.3, 0.4) is 0 Å². The van der Waals surface area contributed by atoms with Crippen LogP contribution in [0.1, 0.15) is 17.5 Å². The Morgan fingerprint density at radius 1 is 1.26 bits per heavy atom. The number of aromatic nitrogens is 4. The summed E-state index contributed by atoms with van der Waals surface area (Å²) in [5.74, 6) is 2.29. The summed E-state index contributed by atoms with van der Waals surface area (Å²) in [5, 5.41) is 16.4. The number of methoxy groups -OCH3 is 1. The zero-order valence-corrected chi connectivity index (χ0v) is 21.2. The van der Waals surface area contributed by atoms with Crippen molar-refractivity contribution in [3.63, 3.8) is 0 Å². The van der Waals surface area contributed by atoms with E-state index in [1.165, 1.54) is 0 Å². The average Bonchev–Trinajstić information content (AvgIpc) is 3.15. The quantitative estimate of drug-likeness (QED) is 0.269. The van der Waals surface area contributed by atoms with Crippen LogP contribution in [-0.2, 0) is 20.2 Å². The highest BCUT2D eigenvalue weighted by molar-refractivity contribution is 9.10. The van der Waals surface area contributed by atoms with E-state index < -0.39 is 0 Å². The summed E-state index contributed by atoms with van der Waals surface area (Å²) in [7, 11) is 3.48. The van der Waals surface area contributed by atoms with E-state index in [-0.39, 0.29) is 12.4 Å². The summed E-state index contributed by atoms with van der Waals surface area (Å²) in [6.45, 7) is 1.99. The van der Waals surface area contributed by atoms with E-state index >= 15 is 0 Å². The van der Waals surface area contributed by atoms with E-state index in [0.29, 0.717) is 23.1 Å². The first kappa shape index (κ1) is 25.7. The molecule has 1 aromatic heterocycles. The molecule has 0 aliphatic carbocycles. The van der Waals surface area contributed by atoms with E-state index in [9.17, 15) is 0 Å². The molecule has 0 fully saturated rings. The monoisotopic (exact) mass is 547 g/mol. The Balaban J connectivity index is 0.00000341. The van der Waals surface area contributed by atoms with Gasteiger partial charge in [0, 0.05) is 29.9 Å². The van der Waals surface area contributed by atoms with Crippen molar-refractivity contribution in [1.82, 2.24) is 25.5 Å². The highest BCUT2D eigenvalue weighted by Gasteiger charge is 2.13. The lowest BCUT2D eigenvalue weighted by atomic mass is 10.2. The van der Waals surface area contributed by atoms with Gasteiger partial charge in [0.2, 0.25) is 5.16 Å². The van der Waals surface area contributed by atoms with Crippen LogP contribution < -0.4 is 14.8 Å². The van der Waals surface area contributed by atoms with Gasteiger partial charge in [-0.25, -0.2) is 4.68 Å². The fraction of sp³-hybridized carbons (Fsp3) is 0.350. The fourth-order valence-electron chi connectivity index (χ4n) is 2.72. The summed E-state index contributed by atoms with van der Waals surface area (Å²) in [5.41, 5.74) is 2.03. The van der Waals surface area contributed by atoms with Crippen LogP contribution in [0, 0.1) is 0 Å². The average molecular weight is 549 g/mol. The van der Waals surface area contributed by atoms with Crippen molar-refractivity contribution in [1.29, 1.82) is 0 Å². The lowest BCUT2D eigenvalue weighted by molar-refractivity contribution is 0.282. The predicted molar refractivity (Wildman–Crippen MR) is 130 cm³/mol. The molecule has 31 heavy (non-hydrogen) atoms. The molecule has 0 atom stereocenters. The molecule has 0 unspecified atom stereocenters. The number of tetrazole rings is 1. The summed E-state index contributed by atoms with van der Waals surface area (Å²) < 4.78 is 14.0. The molecular formula is C20H24BrCl2N5O2S. The number of nitrogens with one attached hydrogen (secondary N) is 1. The first-order valence-corrected chi connectivity index (χ1v) is 11.5. The molecule has 3 rings (SSSR count). The number of thioether (sulfide) groups is 1. The third-order valence-corrected chi connectivity index (χ3v) is 6.31. The molecule has 1 heterocycles. The van der Waals surface area contributed by atoms with Crippen molar-refractivity contribution >= 4 is 51.7 Å². The number of nitrogens with zero attached hydrogens (tertiary/aromatic N) is 4. The van der Waals surface area contributed by atoms with Crippen LogP contribution in [0.2, 0.25) is 5.02 Å². The van der Waals surface area contributed by atoms with Gasteiger partial charge in [-0.15, -0.1) is 17.5 Å². The van der Waals surface area contributed by atoms with Crippen LogP contribution in [0.4, 0.5) is 0 Å². The van der Waals surface area contributed by atoms with Crippen molar-refractivity contribution in [3.05, 3.63) is 57.0 Å². The maximum Gasteiger partial charge on any atom is 0.209 e. The van der Waals surface area contributed by atoms with Gasteiger partial charge in [0.1, 0.15) is 6.61 Å². The SMILES string of the molecule is COc1cc(CNCCCSc2nnnn2C)cc(Br)c1OCc1ccccc1Cl.Cl. The standard InChI is InChI=1S/C20H23BrClN5O2S.ClH/c1-27-20(24-25-26-27)30-9-5-8-23-12-14-10-16(21)19(18(11-14)28-2)29-13-15-6-3-4-7-17(15)22;/h3-4,6-7,10-11,23H,5,8-9,12-13H2,1-2H3;1H. The molecule has 7 nitrogen and oxygen atoms in total. The van der Waals surface area contributed by atoms with E-state index in [4.69, 9.17) is 21.1 Å². The number of benzene rings is 2. The summed E-state index contributed by atoms with van der Waals surface area (Å²) in [6.07, 6.45) is 1.01. The number of hydrogen-bond donors (Lipinski definition) is 1. The van der Waals surface area contributed by atoms with Crippen LogP contribution in [-0.4, -0.2) is 39.6 Å². The van der Waals surface area contributed by atoms with Gasteiger partial charge in [-0.05, 0) is 63.1 Å². The predicted octanol–water partition coefficient (Wildman–Crippen LogP) is 4.91. The summed E-state index contributed by atoms with van der Waals surface area (Å²) in [4.78, 5) is 0. The number of rotatable bonds is 11. The molecule has 3 aromatic rings. The van der Waals surface area contributed by atoms with Crippen LogP contribution in [0.5, 0.6) is 11.5 Å². The summed E-state index contributed by atoms with van der Waals surface area (Å²) in [6, 6.07) is 11.7. The number of aryl methyl sites for hydroxylation is 1. The minimum atomic E-state index is 0. The van der Waals surface area contributed by atoms with E-state index in [0.717, 1.165) is 46.0 Å². The lowest BCUT2D eigenvalue weighted by Gasteiger charge is -2.15. The van der Waals surface area contributed by atoms with Crippen LogP contribution in [0.25, 0.3) is 0 Å². The van der Waals surface area contributed by atoms with Gasteiger partial charge < -0.3 is 14.8 Å². The van der Waals surface area contributed by atoms with Crippen molar-refractivity contribution < 1.29 is 9.47 Å². The Morgan fingerprint density at radius 3 is 2.77 bits per heavy atom. The van der Waals surface area contributed by atoms with Crippen molar-refractivity contribution in [2.75, 3.05) is 19.4 Å². The van der Waals surface area contributed by atoms with Gasteiger partial charge in [0.15, 0.2) is 11.5 Å². The summed E-state index contributed by atoms with van der Waals surface area (Å²) >= 11 is 11.5. The Morgan fingerprint density at radius 2 is 2.06 bits per heavy atom. The highest BCUT2D eigenvalue weighted by Crippen LogP contribution is 2.37. The molecule has 0 saturated carbocycles. The van der Waals surface area contributed by atoms with E-state index in [1.807, 2.05) is 43.4 Å². The van der Waals surface area contributed by atoms with Gasteiger partial charge in [0.05, 0.1) is 11.6 Å². The molecule has 0 bridgehead atoms. The maximum atomic E-state index is 6.22. The maximum absolute atomic E-state index is 6.22. The van der Waals surface area contributed by atoms with E-state index in [1.54, 1.807) is 23.6 Å². The first-order valence-electron chi connectivity index (χ1n) is 9.37. The van der Waals surface area contributed by atoms with Gasteiger partial charge >= 0.3 is 0 Å². The second kappa shape index (κ2) is 13.1. The topological polar surface area (TPSA) is 74.1 Å². The Hall–Kier alpha value is -1.52. The van der Waals surface area contributed by atoms with E-state index in [2.05, 4.69) is 36.8 Å². The third kappa shape index (κ3) is 7.54. The number of hydrogen-bond acceptors (Lipinski definition) is 7. The number of ether oxygens (including phenoxy) is 2. The van der Waals surface area contributed by atoms with Crippen LogP contribution in [0.15, 0.2) is 46.0 Å². The van der Waals surface area contributed by atoms with Crippen molar-refractivity contribution in [3.8, 4) is 11.5 Å². The van der Waals surface area contributed by atoms with Gasteiger partial charge in [-0.1, -0.05) is 41.6 Å². The lowest BCUT2D eigenvalue weighted by Crippen LogP contribution is -2.15. The fourth-order valence-corrected chi connectivity index (χ4v) is 4.30. The Kier molecular flexibility index (Phi) is 10.9. The molecule has 0 saturated heterocycles. The number of halogens is 3. The largest absolute Gasteiger partial charge is 0.493 e. The normalized spacial score (nSPS) is 10.6. The smallest absolute Gasteiger partial charge is 0.209 e. The second-order valence-electron chi connectivity index (χ2n) is 6.45. The first-order chi connectivity index (χ1) is 14.6. The van der Waals surface area contributed by atoms with Gasteiger partial charge in [0.25, 0.3) is 0 Å². The Bertz CT molecular complexity index is 976. The minimum Gasteiger partial charge on any atom is -0.493 e. The zero-order chi connectivity index (χ0) is 21.3. The van der Waals surface area contributed by atoms with Crippen molar-refractivity contribution in [2.24, 2.45) is 7.05 Å². The molecule has 1 N–H and O–H groups in total. The van der Waals surface area contributed by atoms with Crippen molar-refractivity contribution in [2.45, 2.75) is 24.7 Å². The molecule has 0 aliphatic heterocycles. The molecule has 0 spiro atoms. The van der Waals surface area contributed by atoms with Gasteiger partial charge in [-0.2, -0.15) is 0 Å². The molecule has 11 heteroatoms. The molecule has 0 radical (unpaired) electrons.